The molecule has 6 heteroatoms. The second-order valence-corrected chi connectivity index (χ2v) is 5.43. The molecule has 0 aliphatic heterocycles. The number of fused-ring (bicyclic) bond motifs is 1. The molecule has 6 nitrogen and oxygen atoms in total. The molecule has 0 bridgehead atoms. The van der Waals surface area contributed by atoms with Crippen molar-refractivity contribution >= 4 is 11.6 Å². The first kappa shape index (κ1) is 15.4. The van der Waals surface area contributed by atoms with Gasteiger partial charge in [0.25, 0.3) is 5.91 Å². The fourth-order valence-corrected chi connectivity index (χ4v) is 2.43. The highest BCUT2D eigenvalue weighted by atomic mass is 16.3. The van der Waals surface area contributed by atoms with E-state index in [0.29, 0.717) is 24.1 Å². The van der Waals surface area contributed by atoms with Crippen LogP contribution in [0.15, 0.2) is 12.3 Å². The van der Waals surface area contributed by atoms with Gasteiger partial charge in [-0.15, -0.1) is 0 Å². The first-order chi connectivity index (χ1) is 9.96. The summed E-state index contributed by atoms with van der Waals surface area (Å²) in [4.78, 5) is 16.9. The minimum absolute atomic E-state index is 0.0869. The largest absolute Gasteiger partial charge is 0.394 e. The normalized spacial score (nSPS) is 11.9. The van der Waals surface area contributed by atoms with Gasteiger partial charge in [-0.25, -0.2) is 9.50 Å². The van der Waals surface area contributed by atoms with E-state index in [1.807, 2.05) is 33.8 Å². The highest BCUT2D eigenvalue weighted by Gasteiger charge is 2.29. The lowest BCUT2D eigenvalue weighted by atomic mass is 9.93. The highest BCUT2D eigenvalue weighted by molar-refractivity contribution is 6.00. The third-order valence-electron chi connectivity index (χ3n) is 4.06. The molecule has 2 heterocycles. The predicted molar refractivity (Wildman–Crippen MR) is 80.3 cm³/mol. The molecular weight excluding hydrogens is 268 g/mol. The molecule has 2 aromatic rings. The van der Waals surface area contributed by atoms with Crippen LogP contribution in [0.1, 0.15) is 48.4 Å². The zero-order chi connectivity index (χ0) is 15.6. The molecule has 1 amide bonds. The Kier molecular flexibility index (Phi) is 4.27. The van der Waals surface area contributed by atoms with E-state index < -0.39 is 5.54 Å². The number of aliphatic hydroxyl groups excluding tert-OH is 1. The number of nitrogens with one attached hydrogen (secondary N) is 1. The van der Waals surface area contributed by atoms with E-state index in [-0.39, 0.29) is 12.5 Å². The maximum absolute atomic E-state index is 12.5. The van der Waals surface area contributed by atoms with E-state index in [0.717, 1.165) is 11.4 Å². The molecule has 21 heavy (non-hydrogen) atoms. The van der Waals surface area contributed by atoms with Gasteiger partial charge in [0.1, 0.15) is 5.56 Å². The minimum Gasteiger partial charge on any atom is -0.394 e. The van der Waals surface area contributed by atoms with Crippen LogP contribution in [-0.4, -0.2) is 37.8 Å². The van der Waals surface area contributed by atoms with Crippen molar-refractivity contribution in [3.8, 4) is 0 Å². The highest BCUT2D eigenvalue weighted by Crippen LogP contribution is 2.17. The number of aromatic nitrogens is 3. The SMILES string of the molecule is CCC(CC)(CO)NC(=O)c1cnn2c(C)cc(C)nc12. The zero-order valence-corrected chi connectivity index (χ0v) is 13.0. The van der Waals surface area contributed by atoms with Gasteiger partial charge in [0.2, 0.25) is 0 Å². The molecule has 114 valence electrons. The summed E-state index contributed by atoms with van der Waals surface area (Å²) in [5, 5.41) is 16.7. The standard InChI is InChI=1S/C15H22N4O2/c1-5-15(6-2,9-20)18-14(21)12-8-16-19-11(4)7-10(3)17-13(12)19/h7-8,20H,5-6,9H2,1-4H3,(H,18,21). The Hall–Kier alpha value is -1.95. The summed E-state index contributed by atoms with van der Waals surface area (Å²) < 4.78 is 1.65. The fourth-order valence-electron chi connectivity index (χ4n) is 2.43. The van der Waals surface area contributed by atoms with Crippen LogP contribution in [0.2, 0.25) is 0 Å². The molecule has 0 aliphatic carbocycles. The van der Waals surface area contributed by atoms with Crippen LogP contribution < -0.4 is 5.32 Å². The predicted octanol–water partition coefficient (Wildman–Crippen LogP) is 1.63. The number of rotatable bonds is 5. The maximum Gasteiger partial charge on any atom is 0.257 e. The lowest BCUT2D eigenvalue weighted by Gasteiger charge is -2.30. The summed E-state index contributed by atoms with van der Waals surface area (Å²) in [5.41, 5.74) is 2.15. The third-order valence-corrected chi connectivity index (χ3v) is 4.06. The van der Waals surface area contributed by atoms with E-state index in [9.17, 15) is 9.90 Å². The Labute approximate surface area is 124 Å². The summed E-state index contributed by atoms with van der Waals surface area (Å²) in [5.74, 6) is -0.250. The Morgan fingerprint density at radius 1 is 1.38 bits per heavy atom. The van der Waals surface area contributed by atoms with Crippen molar-refractivity contribution in [2.45, 2.75) is 46.1 Å². The van der Waals surface area contributed by atoms with Gasteiger partial charge < -0.3 is 10.4 Å². The molecule has 0 radical (unpaired) electrons. The summed E-state index contributed by atoms with van der Waals surface area (Å²) in [7, 11) is 0. The second kappa shape index (κ2) is 5.81. The monoisotopic (exact) mass is 290 g/mol. The van der Waals surface area contributed by atoms with Crippen molar-refractivity contribution in [3.63, 3.8) is 0 Å². The Balaban J connectivity index is 2.40. The molecule has 2 rings (SSSR count). The number of nitrogens with zero attached hydrogens (tertiary/aromatic N) is 3. The average molecular weight is 290 g/mol. The third kappa shape index (κ3) is 2.76. The Bertz CT molecular complexity index is 651. The van der Waals surface area contributed by atoms with E-state index in [1.165, 1.54) is 6.20 Å². The molecule has 0 unspecified atom stereocenters. The zero-order valence-electron chi connectivity index (χ0n) is 13.0. The molecule has 2 N–H and O–H groups in total. The fraction of sp³-hybridized carbons (Fsp3) is 0.533. The van der Waals surface area contributed by atoms with Crippen molar-refractivity contribution in [3.05, 3.63) is 29.2 Å². The van der Waals surface area contributed by atoms with Crippen LogP contribution in [0.4, 0.5) is 0 Å². The number of carbonyl (C=O) groups excluding carboxylic acids is 1. The first-order valence-corrected chi connectivity index (χ1v) is 7.21. The summed E-state index contributed by atoms with van der Waals surface area (Å²) in [6.45, 7) is 7.62. The van der Waals surface area contributed by atoms with Crippen LogP contribution in [0.25, 0.3) is 5.65 Å². The van der Waals surface area contributed by atoms with Crippen molar-refractivity contribution in [2.24, 2.45) is 0 Å². The van der Waals surface area contributed by atoms with Gasteiger partial charge >= 0.3 is 0 Å². The quantitative estimate of drug-likeness (QED) is 0.877. The lowest BCUT2D eigenvalue weighted by Crippen LogP contribution is -2.50. The van der Waals surface area contributed by atoms with E-state index in [4.69, 9.17) is 0 Å². The van der Waals surface area contributed by atoms with Gasteiger partial charge in [-0.05, 0) is 32.8 Å². The van der Waals surface area contributed by atoms with Gasteiger partial charge in [-0.1, -0.05) is 13.8 Å². The van der Waals surface area contributed by atoms with E-state index >= 15 is 0 Å². The van der Waals surface area contributed by atoms with Crippen LogP contribution in [-0.2, 0) is 0 Å². The van der Waals surface area contributed by atoms with Crippen molar-refractivity contribution < 1.29 is 9.90 Å². The van der Waals surface area contributed by atoms with Gasteiger partial charge in [0.15, 0.2) is 5.65 Å². The summed E-state index contributed by atoms with van der Waals surface area (Å²) >= 11 is 0. The molecule has 0 spiro atoms. The first-order valence-electron chi connectivity index (χ1n) is 7.21. The molecule has 0 atom stereocenters. The van der Waals surface area contributed by atoms with Crippen LogP contribution >= 0.6 is 0 Å². The molecule has 2 aromatic heterocycles. The molecule has 0 saturated heterocycles. The van der Waals surface area contributed by atoms with Gasteiger partial charge in [-0.3, -0.25) is 4.79 Å². The second-order valence-electron chi connectivity index (χ2n) is 5.43. The number of aryl methyl sites for hydroxylation is 2. The van der Waals surface area contributed by atoms with Crippen molar-refractivity contribution in [1.82, 2.24) is 19.9 Å². The minimum atomic E-state index is -0.593. The summed E-state index contributed by atoms with van der Waals surface area (Å²) in [6, 6.07) is 1.91. The van der Waals surface area contributed by atoms with Gasteiger partial charge in [-0.2, -0.15) is 5.10 Å². The van der Waals surface area contributed by atoms with Gasteiger partial charge in [0.05, 0.1) is 18.3 Å². The molecule has 0 fully saturated rings. The molecule has 0 saturated carbocycles. The number of hydrogen-bond donors (Lipinski definition) is 2. The number of aliphatic hydroxyl groups is 1. The van der Waals surface area contributed by atoms with Crippen LogP contribution in [0.5, 0.6) is 0 Å². The van der Waals surface area contributed by atoms with E-state index in [1.54, 1.807) is 4.52 Å². The molecule has 0 aromatic carbocycles. The smallest absolute Gasteiger partial charge is 0.257 e. The average Bonchev–Trinajstić information content (AvgIpc) is 2.89. The number of carbonyl (C=O) groups is 1. The number of hydrogen-bond acceptors (Lipinski definition) is 4. The Morgan fingerprint density at radius 3 is 2.62 bits per heavy atom. The van der Waals surface area contributed by atoms with Crippen molar-refractivity contribution in [1.29, 1.82) is 0 Å². The van der Waals surface area contributed by atoms with Crippen molar-refractivity contribution in [2.75, 3.05) is 6.61 Å². The lowest BCUT2D eigenvalue weighted by molar-refractivity contribution is 0.0819. The Morgan fingerprint density at radius 2 is 2.05 bits per heavy atom. The summed E-state index contributed by atoms with van der Waals surface area (Å²) in [6.07, 6.45) is 2.85. The van der Waals surface area contributed by atoms with E-state index in [2.05, 4.69) is 15.4 Å². The topological polar surface area (TPSA) is 79.5 Å². The molecule has 0 aliphatic rings. The maximum atomic E-state index is 12.5. The molecular formula is C15H22N4O2. The van der Waals surface area contributed by atoms with Gasteiger partial charge in [0, 0.05) is 11.4 Å². The van der Waals surface area contributed by atoms with Crippen LogP contribution in [0, 0.1) is 13.8 Å². The number of amides is 1. The van der Waals surface area contributed by atoms with Crippen LogP contribution in [0.3, 0.4) is 0 Å².